The van der Waals surface area contributed by atoms with Crippen LogP contribution in [0.3, 0.4) is 0 Å². The Morgan fingerprint density at radius 3 is 2.46 bits per heavy atom. The summed E-state index contributed by atoms with van der Waals surface area (Å²) in [6.45, 7) is 0.236. The summed E-state index contributed by atoms with van der Waals surface area (Å²) in [5, 5.41) is 12.8. The van der Waals surface area contributed by atoms with Gasteiger partial charge < -0.3 is 4.74 Å². The van der Waals surface area contributed by atoms with Gasteiger partial charge in [-0.25, -0.2) is 0 Å². The van der Waals surface area contributed by atoms with Gasteiger partial charge in [-0.2, -0.15) is 0 Å². The summed E-state index contributed by atoms with van der Waals surface area (Å²) < 4.78 is 6.46. The summed E-state index contributed by atoms with van der Waals surface area (Å²) in [7, 11) is 0. The summed E-state index contributed by atoms with van der Waals surface area (Å²) in [6, 6.07) is 27.3. The van der Waals surface area contributed by atoms with Gasteiger partial charge in [0.2, 0.25) is 0 Å². The number of rotatable bonds is 6. The monoisotopic (exact) mass is 498 g/mol. The van der Waals surface area contributed by atoms with Crippen molar-refractivity contribution < 1.29 is 14.5 Å². The van der Waals surface area contributed by atoms with Crippen molar-refractivity contribution in [2.45, 2.75) is 6.61 Å². The van der Waals surface area contributed by atoms with Gasteiger partial charge in [-0.1, -0.05) is 78.6 Å². The fourth-order valence-electron chi connectivity index (χ4n) is 3.83. The molecule has 0 saturated carbocycles. The van der Waals surface area contributed by atoms with Crippen molar-refractivity contribution in [2.24, 2.45) is 0 Å². The first-order valence-corrected chi connectivity index (χ1v) is 11.9. The van der Waals surface area contributed by atoms with Gasteiger partial charge in [0.05, 0.1) is 15.5 Å². The normalized spacial score (nSPS) is 14.6. The van der Waals surface area contributed by atoms with Crippen LogP contribution in [0.1, 0.15) is 11.1 Å². The number of carbonyl (C=O) groups is 1. The lowest BCUT2D eigenvalue weighted by Gasteiger charge is -2.17. The first-order valence-electron chi connectivity index (χ1n) is 10.7. The van der Waals surface area contributed by atoms with Crippen LogP contribution in [0.2, 0.25) is 0 Å². The molecule has 1 aliphatic rings. The van der Waals surface area contributed by atoms with Crippen LogP contribution in [-0.4, -0.2) is 15.2 Å². The van der Waals surface area contributed by atoms with Crippen LogP contribution in [0.4, 0.5) is 11.4 Å². The van der Waals surface area contributed by atoms with Crippen molar-refractivity contribution in [1.82, 2.24) is 0 Å². The molecule has 0 aliphatic carbocycles. The molecule has 0 radical (unpaired) electrons. The van der Waals surface area contributed by atoms with Crippen molar-refractivity contribution in [3.63, 3.8) is 0 Å². The first kappa shape index (κ1) is 22.8. The van der Waals surface area contributed by atoms with E-state index in [0.29, 0.717) is 15.0 Å². The number of amides is 1. The number of thioether (sulfide) groups is 1. The second-order valence-electron chi connectivity index (χ2n) is 7.77. The number of non-ortho nitro benzene ring substituents is 1. The van der Waals surface area contributed by atoms with Crippen molar-refractivity contribution in [2.75, 3.05) is 4.90 Å². The Morgan fingerprint density at radius 1 is 0.943 bits per heavy atom. The Morgan fingerprint density at radius 2 is 1.66 bits per heavy atom. The number of benzene rings is 4. The Bertz CT molecular complexity index is 1490. The fraction of sp³-hybridized carbons (Fsp3) is 0.0370. The standard InChI is InChI=1S/C27H18N2O4S2/c30-26-25(35-27(34)28(26)23-10-5-8-19-6-1-3-9-22(19)23)16-20-7-2-4-11-24(20)33-17-18-12-14-21(15-13-18)29(31)32/h1-16H,17H2/b25-16+. The van der Waals surface area contributed by atoms with E-state index in [-0.39, 0.29) is 18.2 Å². The second-order valence-corrected chi connectivity index (χ2v) is 9.44. The molecule has 8 heteroatoms. The van der Waals surface area contributed by atoms with Crippen LogP contribution >= 0.6 is 24.0 Å². The van der Waals surface area contributed by atoms with E-state index in [1.807, 2.05) is 66.7 Å². The number of ether oxygens (including phenoxy) is 1. The lowest BCUT2D eigenvalue weighted by molar-refractivity contribution is -0.384. The van der Waals surface area contributed by atoms with Gasteiger partial charge in [-0.3, -0.25) is 19.8 Å². The molecule has 0 bridgehead atoms. The van der Waals surface area contributed by atoms with E-state index >= 15 is 0 Å². The Hall–Kier alpha value is -4.01. The lowest BCUT2D eigenvalue weighted by Crippen LogP contribution is -2.27. The number of nitrogens with zero attached hydrogens (tertiary/aromatic N) is 2. The van der Waals surface area contributed by atoms with Gasteiger partial charge in [0.25, 0.3) is 11.6 Å². The number of anilines is 1. The molecule has 172 valence electrons. The highest BCUT2D eigenvalue weighted by Gasteiger charge is 2.34. The SMILES string of the molecule is O=C1/C(=C\c2ccccc2OCc2ccc([N+](=O)[O-])cc2)SC(=S)N1c1cccc2ccccc12. The van der Waals surface area contributed by atoms with Gasteiger partial charge in [-0.05, 0) is 41.3 Å². The van der Waals surface area contributed by atoms with Crippen LogP contribution in [-0.2, 0) is 11.4 Å². The van der Waals surface area contributed by atoms with E-state index in [9.17, 15) is 14.9 Å². The quantitative estimate of drug-likeness (QED) is 0.127. The maximum absolute atomic E-state index is 13.4. The van der Waals surface area contributed by atoms with Gasteiger partial charge in [0.1, 0.15) is 12.4 Å². The molecule has 35 heavy (non-hydrogen) atoms. The minimum absolute atomic E-state index is 0.0300. The third kappa shape index (κ3) is 4.66. The number of hydrogen-bond donors (Lipinski definition) is 0. The number of hydrogen-bond acceptors (Lipinski definition) is 6. The van der Waals surface area contributed by atoms with Crippen molar-refractivity contribution >= 4 is 62.4 Å². The highest BCUT2D eigenvalue weighted by molar-refractivity contribution is 8.27. The molecule has 0 N–H and O–H groups in total. The van der Waals surface area contributed by atoms with Crippen molar-refractivity contribution in [3.8, 4) is 5.75 Å². The maximum atomic E-state index is 13.4. The third-order valence-corrected chi connectivity index (χ3v) is 6.85. The summed E-state index contributed by atoms with van der Waals surface area (Å²) in [6.07, 6.45) is 1.79. The second kappa shape index (κ2) is 9.69. The number of carbonyl (C=O) groups excluding carboxylic acids is 1. The molecule has 5 rings (SSSR count). The number of para-hydroxylation sites is 1. The number of nitro benzene ring substituents is 1. The molecule has 4 aromatic carbocycles. The molecule has 4 aromatic rings. The molecular formula is C27H18N2O4S2. The average molecular weight is 499 g/mol. The van der Waals surface area contributed by atoms with Crippen molar-refractivity contribution in [3.05, 3.63) is 117 Å². The first-order chi connectivity index (χ1) is 17.0. The van der Waals surface area contributed by atoms with E-state index in [2.05, 4.69) is 0 Å². The predicted octanol–water partition coefficient (Wildman–Crippen LogP) is 6.73. The molecule has 0 unspecified atom stereocenters. The van der Waals surface area contributed by atoms with Crippen molar-refractivity contribution in [1.29, 1.82) is 0 Å². The van der Waals surface area contributed by atoms with Gasteiger partial charge in [0.15, 0.2) is 4.32 Å². The van der Waals surface area contributed by atoms with E-state index < -0.39 is 4.92 Å². The zero-order valence-corrected chi connectivity index (χ0v) is 19.9. The summed E-state index contributed by atoms with van der Waals surface area (Å²) in [4.78, 5) is 25.9. The van der Waals surface area contributed by atoms with E-state index in [0.717, 1.165) is 27.6 Å². The van der Waals surface area contributed by atoms with E-state index in [1.54, 1.807) is 23.1 Å². The Balaban J connectivity index is 1.40. The minimum atomic E-state index is -0.436. The zero-order valence-electron chi connectivity index (χ0n) is 18.3. The highest BCUT2D eigenvalue weighted by Crippen LogP contribution is 2.39. The summed E-state index contributed by atoms with van der Waals surface area (Å²) in [5.74, 6) is 0.419. The van der Waals surface area contributed by atoms with Crippen LogP contribution in [0, 0.1) is 10.1 Å². The fourth-order valence-corrected chi connectivity index (χ4v) is 5.10. The number of nitro groups is 1. The summed E-state index contributed by atoms with van der Waals surface area (Å²) >= 11 is 6.84. The number of thiocarbonyl (C=S) groups is 1. The molecule has 1 heterocycles. The van der Waals surface area contributed by atoms with Gasteiger partial charge in [0, 0.05) is 23.1 Å². The molecular weight excluding hydrogens is 480 g/mol. The Labute approximate surface area is 211 Å². The lowest BCUT2D eigenvalue weighted by atomic mass is 10.1. The molecule has 1 fully saturated rings. The molecule has 0 spiro atoms. The molecule has 1 amide bonds. The third-order valence-electron chi connectivity index (χ3n) is 5.55. The average Bonchev–Trinajstić information content (AvgIpc) is 3.15. The number of fused-ring (bicyclic) bond motifs is 1. The smallest absolute Gasteiger partial charge is 0.270 e. The Kier molecular flexibility index (Phi) is 6.31. The molecule has 1 aliphatic heterocycles. The van der Waals surface area contributed by atoms with E-state index in [1.165, 1.54) is 23.9 Å². The molecule has 1 saturated heterocycles. The van der Waals surface area contributed by atoms with Crippen LogP contribution < -0.4 is 9.64 Å². The minimum Gasteiger partial charge on any atom is -0.488 e. The molecule has 6 nitrogen and oxygen atoms in total. The van der Waals surface area contributed by atoms with Crippen LogP contribution in [0.15, 0.2) is 95.9 Å². The topological polar surface area (TPSA) is 72.7 Å². The van der Waals surface area contributed by atoms with E-state index in [4.69, 9.17) is 17.0 Å². The predicted molar refractivity (Wildman–Crippen MR) is 143 cm³/mol. The molecule has 0 aromatic heterocycles. The summed E-state index contributed by atoms with van der Waals surface area (Å²) in [5.41, 5.74) is 2.33. The highest BCUT2D eigenvalue weighted by atomic mass is 32.2. The zero-order chi connectivity index (χ0) is 24.4. The van der Waals surface area contributed by atoms with Crippen LogP contribution in [0.5, 0.6) is 5.75 Å². The van der Waals surface area contributed by atoms with Gasteiger partial charge >= 0.3 is 0 Å². The molecule has 0 atom stereocenters. The van der Waals surface area contributed by atoms with Crippen LogP contribution in [0.25, 0.3) is 16.8 Å². The largest absolute Gasteiger partial charge is 0.488 e. The maximum Gasteiger partial charge on any atom is 0.270 e. The van der Waals surface area contributed by atoms with Gasteiger partial charge in [-0.15, -0.1) is 0 Å².